The Labute approximate surface area is 112 Å². The summed E-state index contributed by atoms with van der Waals surface area (Å²) in [6.45, 7) is 4.97. The maximum absolute atomic E-state index is 12.8. The lowest BCUT2D eigenvalue weighted by Gasteiger charge is -2.32. The number of hydrogen-bond acceptors (Lipinski definition) is 5. The van der Waals surface area contributed by atoms with Gasteiger partial charge in [0, 0.05) is 19.3 Å². The topological polar surface area (TPSA) is 79.4 Å². The summed E-state index contributed by atoms with van der Waals surface area (Å²) < 4.78 is 12.2. The first-order chi connectivity index (χ1) is 8.99. The summed E-state index contributed by atoms with van der Waals surface area (Å²) in [5.74, 6) is 0.369. The van der Waals surface area contributed by atoms with E-state index in [1.54, 1.807) is 10.9 Å². The lowest BCUT2D eigenvalue weighted by atomic mass is 9.85. The Morgan fingerprint density at radius 2 is 2.16 bits per heavy atom. The Morgan fingerprint density at radius 3 is 2.68 bits per heavy atom. The van der Waals surface area contributed by atoms with Crippen molar-refractivity contribution in [2.24, 2.45) is 5.73 Å². The van der Waals surface area contributed by atoms with Crippen LogP contribution in [0.3, 0.4) is 0 Å². The monoisotopic (exact) mass is 267 g/mol. The van der Waals surface area contributed by atoms with E-state index in [1.165, 1.54) is 7.11 Å². The van der Waals surface area contributed by atoms with Gasteiger partial charge in [0.25, 0.3) is 0 Å². The van der Waals surface area contributed by atoms with Crippen LogP contribution in [0.4, 0.5) is 0 Å². The van der Waals surface area contributed by atoms with Crippen LogP contribution in [0.2, 0.25) is 0 Å². The Morgan fingerprint density at radius 1 is 1.53 bits per heavy atom. The molecule has 0 radical (unpaired) electrons. The summed E-state index contributed by atoms with van der Waals surface area (Å²) in [6, 6.07) is 0.0753. The van der Waals surface area contributed by atoms with Gasteiger partial charge in [-0.25, -0.2) is 0 Å². The van der Waals surface area contributed by atoms with E-state index in [1.807, 2.05) is 13.8 Å². The second-order valence-electron chi connectivity index (χ2n) is 5.20. The molecule has 1 aliphatic rings. The van der Waals surface area contributed by atoms with Gasteiger partial charge in [0.2, 0.25) is 5.78 Å². The summed E-state index contributed by atoms with van der Waals surface area (Å²) >= 11 is 0. The van der Waals surface area contributed by atoms with Crippen molar-refractivity contribution in [1.82, 2.24) is 9.78 Å². The fraction of sp³-hybridized carbons (Fsp3) is 0.692. The zero-order chi connectivity index (χ0) is 14.0. The summed E-state index contributed by atoms with van der Waals surface area (Å²) in [4.78, 5) is 12.8. The van der Waals surface area contributed by atoms with E-state index in [0.717, 1.165) is 0 Å². The molecule has 0 atom stereocenters. The predicted octanol–water partition coefficient (Wildman–Crippen LogP) is 1.16. The van der Waals surface area contributed by atoms with Crippen LogP contribution < -0.4 is 10.5 Å². The Bertz CT molecular complexity index is 462. The normalized spacial score (nSPS) is 18.6. The molecule has 1 fully saturated rings. The van der Waals surface area contributed by atoms with E-state index in [-0.39, 0.29) is 11.8 Å². The average Bonchev–Trinajstić information content (AvgIpc) is 2.82. The Balaban J connectivity index is 2.39. The van der Waals surface area contributed by atoms with Crippen LogP contribution in [0.25, 0.3) is 0 Å². The first-order valence-corrected chi connectivity index (χ1v) is 6.52. The number of ether oxygens (including phenoxy) is 2. The van der Waals surface area contributed by atoms with Gasteiger partial charge in [0.15, 0.2) is 5.75 Å². The van der Waals surface area contributed by atoms with Crippen molar-refractivity contribution in [1.29, 1.82) is 0 Å². The molecular formula is C13H21N3O3. The minimum absolute atomic E-state index is 0.0753. The predicted molar refractivity (Wildman–Crippen MR) is 70.5 cm³/mol. The molecule has 0 spiro atoms. The van der Waals surface area contributed by atoms with Gasteiger partial charge in [-0.2, -0.15) is 5.10 Å². The van der Waals surface area contributed by atoms with Crippen LogP contribution in [0, 0.1) is 0 Å². The molecule has 1 aliphatic heterocycles. The fourth-order valence-electron chi connectivity index (χ4n) is 2.30. The SMILES string of the molecule is COc1cnn(C(C)C)c1C(=O)C1(N)CCOCC1. The molecule has 0 amide bonds. The van der Waals surface area contributed by atoms with Crippen molar-refractivity contribution >= 4 is 5.78 Å². The molecule has 19 heavy (non-hydrogen) atoms. The highest BCUT2D eigenvalue weighted by molar-refractivity contribution is 6.04. The number of methoxy groups -OCH3 is 1. The molecule has 0 saturated carbocycles. The number of aromatic nitrogens is 2. The molecule has 1 aromatic rings. The number of nitrogens with two attached hydrogens (primary N) is 1. The number of ketones is 1. The van der Waals surface area contributed by atoms with Gasteiger partial charge in [-0.3, -0.25) is 9.48 Å². The zero-order valence-electron chi connectivity index (χ0n) is 11.7. The molecule has 6 nitrogen and oxygen atoms in total. The van der Waals surface area contributed by atoms with Gasteiger partial charge in [0.05, 0.1) is 18.8 Å². The van der Waals surface area contributed by atoms with E-state index >= 15 is 0 Å². The molecule has 1 aromatic heterocycles. The van der Waals surface area contributed by atoms with Crippen LogP contribution in [0.1, 0.15) is 43.2 Å². The van der Waals surface area contributed by atoms with Crippen LogP contribution in [0.5, 0.6) is 5.75 Å². The standard InChI is InChI=1S/C13H21N3O3/c1-9(2)16-11(10(18-3)8-15-16)12(17)13(14)4-6-19-7-5-13/h8-9H,4-7,14H2,1-3H3. The molecule has 1 saturated heterocycles. The molecule has 6 heteroatoms. The molecule has 0 bridgehead atoms. The molecule has 0 aromatic carbocycles. The van der Waals surface area contributed by atoms with Crippen LogP contribution in [0.15, 0.2) is 6.20 Å². The molecule has 2 N–H and O–H groups in total. The summed E-state index contributed by atoms with van der Waals surface area (Å²) in [6.07, 6.45) is 2.62. The van der Waals surface area contributed by atoms with Crippen molar-refractivity contribution in [3.05, 3.63) is 11.9 Å². The van der Waals surface area contributed by atoms with Gasteiger partial charge < -0.3 is 15.2 Å². The van der Waals surface area contributed by atoms with Crippen molar-refractivity contribution in [3.63, 3.8) is 0 Å². The molecule has 2 rings (SSSR count). The number of nitrogens with zero attached hydrogens (tertiary/aromatic N) is 2. The number of rotatable bonds is 4. The number of hydrogen-bond donors (Lipinski definition) is 1. The third kappa shape index (κ3) is 2.50. The smallest absolute Gasteiger partial charge is 0.204 e. The second kappa shape index (κ2) is 5.30. The third-order valence-electron chi connectivity index (χ3n) is 3.52. The van der Waals surface area contributed by atoms with E-state index in [4.69, 9.17) is 15.2 Å². The van der Waals surface area contributed by atoms with Crippen LogP contribution >= 0.6 is 0 Å². The van der Waals surface area contributed by atoms with Crippen LogP contribution in [-0.4, -0.2) is 41.4 Å². The van der Waals surface area contributed by atoms with Crippen molar-refractivity contribution < 1.29 is 14.3 Å². The molecule has 0 unspecified atom stereocenters. The van der Waals surface area contributed by atoms with Gasteiger partial charge in [-0.1, -0.05) is 0 Å². The Kier molecular flexibility index (Phi) is 3.91. The highest BCUT2D eigenvalue weighted by Crippen LogP contribution is 2.29. The minimum Gasteiger partial charge on any atom is -0.493 e. The molecule has 0 aliphatic carbocycles. The van der Waals surface area contributed by atoms with E-state index in [2.05, 4.69) is 5.10 Å². The highest BCUT2D eigenvalue weighted by Gasteiger charge is 2.40. The highest BCUT2D eigenvalue weighted by atomic mass is 16.5. The second-order valence-corrected chi connectivity index (χ2v) is 5.20. The first kappa shape index (κ1) is 14.0. The van der Waals surface area contributed by atoms with E-state index in [0.29, 0.717) is 37.5 Å². The first-order valence-electron chi connectivity index (χ1n) is 6.52. The fourth-order valence-corrected chi connectivity index (χ4v) is 2.30. The molecule has 106 valence electrons. The third-order valence-corrected chi connectivity index (χ3v) is 3.52. The summed E-state index contributed by atoms with van der Waals surface area (Å²) in [5.41, 5.74) is 5.84. The van der Waals surface area contributed by atoms with Crippen molar-refractivity contribution in [3.8, 4) is 5.75 Å². The lowest BCUT2D eigenvalue weighted by Crippen LogP contribution is -2.52. The average molecular weight is 267 g/mol. The van der Waals surface area contributed by atoms with Gasteiger partial charge in [-0.05, 0) is 26.7 Å². The van der Waals surface area contributed by atoms with Crippen molar-refractivity contribution in [2.75, 3.05) is 20.3 Å². The minimum atomic E-state index is -0.877. The molecule has 2 heterocycles. The largest absolute Gasteiger partial charge is 0.493 e. The number of carbonyl (C=O) groups excluding carboxylic acids is 1. The van der Waals surface area contributed by atoms with E-state index < -0.39 is 5.54 Å². The summed E-state index contributed by atoms with van der Waals surface area (Å²) in [7, 11) is 1.53. The number of carbonyl (C=O) groups is 1. The quantitative estimate of drug-likeness (QED) is 0.828. The maximum atomic E-state index is 12.8. The van der Waals surface area contributed by atoms with E-state index in [9.17, 15) is 4.79 Å². The number of Topliss-reactive ketones (excluding diaryl/α,β-unsaturated/α-hetero) is 1. The van der Waals surface area contributed by atoms with Gasteiger partial charge in [0.1, 0.15) is 5.69 Å². The molecular weight excluding hydrogens is 246 g/mol. The summed E-state index contributed by atoms with van der Waals surface area (Å²) in [5, 5.41) is 4.22. The van der Waals surface area contributed by atoms with Gasteiger partial charge >= 0.3 is 0 Å². The maximum Gasteiger partial charge on any atom is 0.204 e. The zero-order valence-corrected chi connectivity index (χ0v) is 11.7. The van der Waals surface area contributed by atoms with Gasteiger partial charge in [-0.15, -0.1) is 0 Å². The lowest BCUT2D eigenvalue weighted by molar-refractivity contribution is 0.0438. The Hall–Kier alpha value is -1.40. The van der Waals surface area contributed by atoms with Crippen molar-refractivity contribution in [2.45, 2.75) is 38.3 Å². The van der Waals surface area contributed by atoms with Crippen LogP contribution in [-0.2, 0) is 4.74 Å².